The Hall–Kier alpha value is -1.31. The molecule has 114 valence electrons. The number of aliphatic hydroxyl groups is 1. The quantitative estimate of drug-likeness (QED) is 0.861. The summed E-state index contributed by atoms with van der Waals surface area (Å²) in [7, 11) is -3.83. The number of hydrogen-bond donors (Lipinski definition) is 2. The maximum atomic E-state index is 12.6. The van der Waals surface area contributed by atoms with Gasteiger partial charge in [0.05, 0.1) is 12.3 Å². The zero-order valence-corrected chi connectivity index (χ0v) is 14.3. The van der Waals surface area contributed by atoms with Gasteiger partial charge in [0.25, 0.3) is 10.0 Å². The second-order valence-corrected chi connectivity index (χ2v) is 7.17. The van der Waals surface area contributed by atoms with E-state index in [9.17, 15) is 13.5 Å². The van der Waals surface area contributed by atoms with Gasteiger partial charge in [0.1, 0.15) is 16.4 Å². The molecule has 0 aliphatic carbocycles. The number of sulfonamides is 1. The first-order valence-corrected chi connectivity index (χ1v) is 8.53. The van der Waals surface area contributed by atoms with Crippen LogP contribution in [0, 0.1) is 20.8 Å². The third-order valence-electron chi connectivity index (χ3n) is 3.26. The van der Waals surface area contributed by atoms with Crippen molar-refractivity contribution in [2.24, 2.45) is 0 Å². The van der Waals surface area contributed by atoms with E-state index in [0.717, 1.165) is 10.0 Å². The van der Waals surface area contributed by atoms with E-state index >= 15 is 0 Å². The first kappa shape index (κ1) is 16.1. The van der Waals surface area contributed by atoms with Crippen molar-refractivity contribution in [2.75, 3.05) is 4.72 Å². The molecular weight excluding hydrogens is 358 g/mol. The van der Waals surface area contributed by atoms with E-state index in [4.69, 9.17) is 4.42 Å². The van der Waals surface area contributed by atoms with Gasteiger partial charge >= 0.3 is 0 Å². The molecule has 2 N–H and O–H groups in total. The molecule has 1 aromatic carbocycles. The van der Waals surface area contributed by atoms with Gasteiger partial charge in [0.15, 0.2) is 0 Å². The summed E-state index contributed by atoms with van der Waals surface area (Å²) in [6.45, 7) is 4.61. The summed E-state index contributed by atoms with van der Waals surface area (Å²) in [5, 5.41) is 9.38. The average Bonchev–Trinajstić information content (AvgIpc) is 2.69. The van der Waals surface area contributed by atoms with Crippen LogP contribution in [0.25, 0.3) is 0 Å². The van der Waals surface area contributed by atoms with Crippen molar-refractivity contribution in [1.82, 2.24) is 0 Å². The summed E-state index contributed by atoms with van der Waals surface area (Å²) < 4.78 is 33.8. The van der Waals surface area contributed by atoms with Gasteiger partial charge in [-0.3, -0.25) is 4.72 Å². The van der Waals surface area contributed by atoms with Gasteiger partial charge in [-0.2, -0.15) is 0 Å². The number of benzene rings is 1. The van der Waals surface area contributed by atoms with Crippen molar-refractivity contribution in [3.05, 3.63) is 45.3 Å². The molecule has 2 aromatic rings. The van der Waals surface area contributed by atoms with E-state index in [1.807, 2.05) is 13.0 Å². The first-order chi connectivity index (χ1) is 9.77. The Morgan fingerprint density at radius 3 is 2.52 bits per heavy atom. The molecule has 0 aliphatic heterocycles. The largest absolute Gasteiger partial charge is 0.465 e. The fourth-order valence-electron chi connectivity index (χ4n) is 2.16. The molecule has 0 amide bonds. The third kappa shape index (κ3) is 3.00. The van der Waals surface area contributed by atoms with Gasteiger partial charge in [-0.15, -0.1) is 0 Å². The fourth-order valence-corrected chi connectivity index (χ4v) is 4.09. The zero-order valence-electron chi connectivity index (χ0n) is 11.9. The number of aryl methyl sites for hydroxylation is 2. The highest BCUT2D eigenvalue weighted by Gasteiger charge is 2.27. The molecule has 0 saturated heterocycles. The van der Waals surface area contributed by atoms with E-state index in [-0.39, 0.29) is 16.2 Å². The number of rotatable bonds is 4. The molecule has 2 rings (SSSR count). The smallest absolute Gasteiger partial charge is 0.265 e. The van der Waals surface area contributed by atoms with Crippen molar-refractivity contribution < 1.29 is 17.9 Å². The number of nitrogens with one attached hydrogen (secondary N) is 1. The summed E-state index contributed by atoms with van der Waals surface area (Å²) in [6.07, 6.45) is 0. The molecule has 7 heteroatoms. The molecule has 21 heavy (non-hydrogen) atoms. The van der Waals surface area contributed by atoms with Crippen LogP contribution in [0.3, 0.4) is 0 Å². The summed E-state index contributed by atoms with van der Waals surface area (Å²) in [5.41, 5.74) is 1.55. The molecule has 1 heterocycles. The number of aliphatic hydroxyl groups excluding tert-OH is 1. The Balaban J connectivity index is 2.51. The summed E-state index contributed by atoms with van der Waals surface area (Å²) >= 11 is 3.36. The number of anilines is 1. The number of hydrogen-bond acceptors (Lipinski definition) is 4. The van der Waals surface area contributed by atoms with Crippen molar-refractivity contribution in [3.8, 4) is 0 Å². The van der Waals surface area contributed by atoms with E-state index < -0.39 is 16.6 Å². The second kappa shape index (κ2) is 5.82. The standard InChI is InChI=1S/C14H16BrNO4S/c1-8-12(15)5-4-6-13(8)16-21(18,19)14-10(3)20-9(2)11(14)7-17/h4-6,16-17H,7H2,1-3H3. The lowest BCUT2D eigenvalue weighted by Crippen LogP contribution is -2.16. The number of furan rings is 1. The lowest BCUT2D eigenvalue weighted by molar-refractivity contribution is 0.276. The van der Waals surface area contributed by atoms with Crippen LogP contribution in [-0.4, -0.2) is 13.5 Å². The topological polar surface area (TPSA) is 79.5 Å². The van der Waals surface area contributed by atoms with Crippen molar-refractivity contribution in [3.63, 3.8) is 0 Å². The molecule has 0 saturated carbocycles. The number of halogens is 1. The Kier molecular flexibility index (Phi) is 4.46. The Bertz CT molecular complexity index is 781. The van der Waals surface area contributed by atoms with E-state index in [2.05, 4.69) is 20.7 Å². The second-order valence-electron chi connectivity index (χ2n) is 4.70. The summed E-state index contributed by atoms with van der Waals surface area (Å²) in [5.74, 6) is 0.665. The Morgan fingerprint density at radius 1 is 1.24 bits per heavy atom. The minimum absolute atomic E-state index is 0.00174. The molecule has 0 radical (unpaired) electrons. The molecule has 0 atom stereocenters. The molecule has 0 spiro atoms. The molecular formula is C14H16BrNO4S. The lowest BCUT2D eigenvalue weighted by atomic mass is 10.2. The molecule has 0 unspecified atom stereocenters. The van der Waals surface area contributed by atoms with Crippen LogP contribution in [-0.2, 0) is 16.6 Å². The van der Waals surface area contributed by atoms with Crippen LogP contribution in [0.15, 0.2) is 32.0 Å². The Morgan fingerprint density at radius 2 is 1.90 bits per heavy atom. The molecule has 0 fully saturated rings. The SMILES string of the molecule is Cc1oc(C)c(S(=O)(=O)Nc2cccc(Br)c2C)c1CO. The maximum absolute atomic E-state index is 12.6. The van der Waals surface area contributed by atoms with E-state index in [0.29, 0.717) is 11.4 Å². The Labute approximate surface area is 132 Å². The van der Waals surface area contributed by atoms with Crippen LogP contribution >= 0.6 is 15.9 Å². The van der Waals surface area contributed by atoms with Crippen LogP contribution in [0.5, 0.6) is 0 Å². The van der Waals surface area contributed by atoms with Gasteiger partial charge in [0, 0.05) is 10.0 Å². The monoisotopic (exact) mass is 373 g/mol. The van der Waals surface area contributed by atoms with Crippen molar-refractivity contribution in [1.29, 1.82) is 0 Å². The predicted octanol–water partition coefficient (Wildman–Crippen LogP) is 3.26. The van der Waals surface area contributed by atoms with Crippen LogP contribution in [0.2, 0.25) is 0 Å². The molecule has 0 bridgehead atoms. The summed E-state index contributed by atoms with van der Waals surface area (Å²) in [4.78, 5) is 0.00174. The van der Waals surface area contributed by atoms with Gasteiger partial charge in [0.2, 0.25) is 0 Å². The van der Waals surface area contributed by atoms with Crippen molar-refractivity contribution in [2.45, 2.75) is 32.3 Å². The zero-order chi connectivity index (χ0) is 15.8. The third-order valence-corrected chi connectivity index (χ3v) is 5.68. The van der Waals surface area contributed by atoms with Crippen LogP contribution in [0.4, 0.5) is 5.69 Å². The maximum Gasteiger partial charge on any atom is 0.265 e. The minimum Gasteiger partial charge on any atom is -0.465 e. The predicted molar refractivity (Wildman–Crippen MR) is 83.8 cm³/mol. The van der Waals surface area contributed by atoms with E-state index in [1.165, 1.54) is 0 Å². The normalized spacial score (nSPS) is 11.7. The molecule has 5 nitrogen and oxygen atoms in total. The summed E-state index contributed by atoms with van der Waals surface area (Å²) in [6, 6.07) is 5.26. The lowest BCUT2D eigenvalue weighted by Gasteiger charge is -2.12. The first-order valence-electron chi connectivity index (χ1n) is 6.25. The van der Waals surface area contributed by atoms with E-state index in [1.54, 1.807) is 26.0 Å². The van der Waals surface area contributed by atoms with Gasteiger partial charge < -0.3 is 9.52 Å². The molecule has 0 aliphatic rings. The fraction of sp³-hybridized carbons (Fsp3) is 0.286. The highest BCUT2D eigenvalue weighted by atomic mass is 79.9. The van der Waals surface area contributed by atoms with Crippen LogP contribution in [0.1, 0.15) is 22.6 Å². The van der Waals surface area contributed by atoms with Gasteiger partial charge in [-0.05, 0) is 38.5 Å². The van der Waals surface area contributed by atoms with Gasteiger partial charge in [-0.25, -0.2) is 8.42 Å². The molecule has 1 aromatic heterocycles. The highest BCUT2D eigenvalue weighted by Crippen LogP contribution is 2.30. The minimum atomic E-state index is -3.83. The van der Waals surface area contributed by atoms with Crippen molar-refractivity contribution >= 4 is 31.6 Å². The van der Waals surface area contributed by atoms with Gasteiger partial charge in [-0.1, -0.05) is 22.0 Å². The average molecular weight is 374 g/mol. The highest BCUT2D eigenvalue weighted by molar-refractivity contribution is 9.10. The van der Waals surface area contributed by atoms with Crippen LogP contribution < -0.4 is 4.72 Å².